The van der Waals surface area contributed by atoms with E-state index in [1.807, 2.05) is 6.08 Å². The molecule has 3 heterocycles. The number of nitrogens with zero attached hydrogens (tertiary/aromatic N) is 3. The average Bonchev–Trinajstić information content (AvgIpc) is 3.16. The second-order valence-corrected chi connectivity index (χ2v) is 10.9. The van der Waals surface area contributed by atoms with Gasteiger partial charge in [0, 0.05) is 44.8 Å². The van der Waals surface area contributed by atoms with Crippen molar-refractivity contribution in [3.8, 4) is 0 Å². The molecule has 4 aliphatic rings. The number of amides is 1. The number of hydrogen-bond acceptors (Lipinski definition) is 4. The topological polar surface area (TPSA) is 38.8 Å². The van der Waals surface area contributed by atoms with Gasteiger partial charge in [-0.2, -0.15) is 0 Å². The molecule has 1 aliphatic carbocycles. The van der Waals surface area contributed by atoms with Crippen molar-refractivity contribution in [3.63, 3.8) is 0 Å². The molecule has 5 heteroatoms. The van der Waals surface area contributed by atoms with E-state index < -0.39 is 0 Å². The van der Waals surface area contributed by atoms with Crippen LogP contribution in [0.1, 0.15) is 62.1 Å². The minimum absolute atomic E-state index is 0.0808. The van der Waals surface area contributed by atoms with Crippen molar-refractivity contribution in [1.29, 1.82) is 0 Å². The third-order valence-corrected chi connectivity index (χ3v) is 8.37. The molecule has 1 amide bonds. The molecule has 3 saturated heterocycles. The number of carbonyl (C=O) groups excluding carboxylic acids is 1. The smallest absolute Gasteiger partial charge is 0.241 e. The zero-order valence-electron chi connectivity index (χ0n) is 21.4. The van der Waals surface area contributed by atoms with Crippen molar-refractivity contribution in [2.24, 2.45) is 5.92 Å². The monoisotopic (exact) mass is 474 g/mol. The summed E-state index contributed by atoms with van der Waals surface area (Å²) in [6.45, 7) is 11.4. The zero-order valence-corrected chi connectivity index (χ0v) is 21.4. The molecule has 1 aromatic rings. The van der Waals surface area contributed by atoms with Crippen LogP contribution in [0.2, 0.25) is 0 Å². The van der Waals surface area contributed by atoms with Crippen molar-refractivity contribution in [2.45, 2.75) is 70.0 Å². The fourth-order valence-corrected chi connectivity index (χ4v) is 6.61. The zero-order chi connectivity index (χ0) is 24.2. The van der Waals surface area contributed by atoms with Gasteiger partial charge >= 0.3 is 0 Å². The van der Waals surface area contributed by atoms with E-state index in [1.54, 1.807) is 0 Å². The van der Waals surface area contributed by atoms with Crippen LogP contribution in [0.3, 0.4) is 0 Å². The Balaban J connectivity index is 1.36. The van der Waals surface area contributed by atoms with Crippen molar-refractivity contribution in [1.82, 2.24) is 20.2 Å². The van der Waals surface area contributed by atoms with Crippen LogP contribution < -0.4 is 5.43 Å². The number of piperidine rings is 1. The molecule has 4 atom stereocenters. The molecule has 0 spiro atoms. The second-order valence-electron chi connectivity index (χ2n) is 10.9. The number of hydrogen-bond donors (Lipinski definition) is 1. The molecule has 5 nitrogen and oxygen atoms in total. The number of carbonyl (C=O) groups is 1. The molecule has 0 saturated carbocycles. The van der Waals surface area contributed by atoms with E-state index in [0.29, 0.717) is 12.1 Å². The number of fused-ring (bicyclic) bond motifs is 2. The molecular formula is C30H42N4O. The highest BCUT2D eigenvalue weighted by Crippen LogP contribution is 2.42. The molecular weight excluding hydrogens is 432 g/mol. The molecule has 5 rings (SSSR count). The fourth-order valence-electron chi connectivity index (χ4n) is 6.61. The Morgan fingerprint density at radius 2 is 1.97 bits per heavy atom. The Bertz CT molecular complexity index is 963. The van der Waals surface area contributed by atoms with E-state index in [2.05, 4.69) is 76.2 Å². The highest BCUT2D eigenvalue weighted by molar-refractivity contribution is 5.80. The second kappa shape index (κ2) is 11.2. The third kappa shape index (κ3) is 5.63. The van der Waals surface area contributed by atoms with Gasteiger partial charge in [0.2, 0.25) is 5.91 Å². The Kier molecular flexibility index (Phi) is 7.86. The molecule has 0 radical (unpaired) electrons. The van der Waals surface area contributed by atoms with Crippen LogP contribution in [0.5, 0.6) is 0 Å². The first-order valence-corrected chi connectivity index (χ1v) is 13.7. The van der Waals surface area contributed by atoms with Crippen molar-refractivity contribution < 1.29 is 4.79 Å². The van der Waals surface area contributed by atoms with E-state index in [9.17, 15) is 4.79 Å². The lowest BCUT2D eigenvalue weighted by molar-refractivity contribution is -0.128. The van der Waals surface area contributed by atoms with Crippen LogP contribution in [-0.2, 0) is 4.79 Å². The number of hydrazine groups is 1. The van der Waals surface area contributed by atoms with E-state index in [1.165, 1.54) is 55.2 Å². The lowest BCUT2D eigenvalue weighted by Crippen LogP contribution is -2.47. The van der Waals surface area contributed by atoms with Gasteiger partial charge in [0.05, 0.1) is 12.0 Å². The van der Waals surface area contributed by atoms with Gasteiger partial charge in [0.15, 0.2) is 0 Å². The first-order valence-electron chi connectivity index (χ1n) is 13.7. The highest BCUT2D eigenvalue weighted by Gasteiger charge is 2.42. The molecule has 35 heavy (non-hydrogen) atoms. The van der Waals surface area contributed by atoms with Crippen LogP contribution >= 0.6 is 0 Å². The minimum atomic E-state index is -0.0808. The average molecular weight is 475 g/mol. The molecule has 3 aliphatic heterocycles. The SMILES string of the molecule is C=CCN1CCC2CCC(C1)N2C(C1=CCC(C(=O)NN2CCCCC2)C=C1)c1cccc(C)c1. The molecule has 188 valence electrons. The maximum atomic E-state index is 13.0. The number of likely N-dealkylation sites (tertiary alicyclic amines) is 1. The quantitative estimate of drug-likeness (QED) is 0.577. The summed E-state index contributed by atoms with van der Waals surface area (Å²) < 4.78 is 0. The van der Waals surface area contributed by atoms with Gasteiger partial charge in [-0.3, -0.25) is 20.0 Å². The third-order valence-electron chi connectivity index (χ3n) is 8.37. The van der Waals surface area contributed by atoms with Crippen molar-refractivity contribution in [3.05, 3.63) is 71.8 Å². The first-order chi connectivity index (χ1) is 17.1. The Hall–Kier alpha value is -2.21. The number of aryl methyl sites for hydroxylation is 1. The van der Waals surface area contributed by atoms with E-state index in [-0.39, 0.29) is 17.9 Å². The van der Waals surface area contributed by atoms with E-state index in [0.717, 1.165) is 39.1 Å². The summed E-state index contributed by atoms with van der Waals surface area (Å²) in [7, 11) is 0. The number of benzene rings is 1. The summed E-state index contributed by atoms with van der Waals surface area (Å²) in [4.78, 5) is 18.4. The van der Waals surface area contributed by atoms with E-state index >= 15 is 0 Å². The van der Waals surface area contributed by atoms with Gasteiger partial charge in [0.25, 0.3) is 0 Å². The van der Waals surface area contributed by atoms with Gasteiger partial charge in [-0.15, -0.1) is 6.58 Å². The lowest BCUT2D eigenvalue weighted by Gasteiger charge is -2.38. The Morgan fingerprint density at radius 3 is 2.71 bits per heavy atom. The van der Waals surface area contributed by atoms with Crippen LogP contribution in [0.15, 0.2) is 60.7 Å². The largest absolute Gasteiger partial charge is 0.298 e. The maximum absolute atomic E-state index is 13.0. The van der Waals surface area contributed by atoms with E-state index in [4.69, 9.17) is 0 Å². The summed E-state index contributed by atoms with van der Waals surface area (Å²) in [5, 5.41) is 2.11. The van der Waals surface area contributed by atoms with Gasteiger partial charge in [-0.05, 0) is 56.6 Å². The van der Waals surface area contributed by atoms with Gasteiger partial charge < -0.3 is 0 Å². The standard InChI is InChI=1S/C30H42N4O/c1-3-17-32-20-16-27-14-15-28(22-32)34(27)29(26-9-7-8-23(2)21-26)24-10-12-25(13-11-24)30(35)31-33-18-5-4-6-19-33/h3,7-12,21,25,27-29H,1,4-6,13-20,22H2,2H3,(H,31,35). The van der Waals surface area contributed by atoms with Crippen molar-refractivity contribution in [2.75, 3.05) is 32.7 Å². The summed E-state index contributed by atoms with van der Waals surface area (Å²) in [6, 6.07) is 10.5. The Morgan fingerprint density at radius 1 is 1.14 bits per heavy atom. The highest BCUT2D eigenvalue weighted by atomic mass is 16.2. The minimum Gasteiger partial charge on any atom is -0.298 e. The summed E-state index contributed by atoms with van der Waals surface area (Å²) in [6.07, 6.45) is 16.9. The molecule has 1 N–H and O–H groups in total. The molecule has 4 unspecified atom stereocenters. The summed E-state index contributed by atoms with van der Waals surface area (Å²) in [5.74, 6) is 0.0586. The molecule has 3 fully saturated rings. The summed E-state index contributed by atoms with van der Waals surface area (Å²) >= 11 is 0. The molecule has 0 aromatic heterocycles. The van der Waals surface area contributed by atoms with Crippen LogP contribution in [-0.4, -0.2) is 65.5 Å². The predicted octanol–water partition coefficient (Wildman–Crippen LogP) is 4.78. The predicted molar refractivity (Wildman–Crippen MR) is 143 cm³/mol. The van der Waals surface area contributed by atoms with Crippen molar-refractivity contribution >= 4 is 5.91 Å². The number of rotatable bonds is 7. The summed E-state index contributed by atoms with van der Waals surface area (Å²) in [5.41, 5.74) is 7.22. The molecule has 2 bridgehead atoms. The fraction of sp³-hybridized carbons (Fsp3) is 0.567. The lowest BCUT2D eigenvalue weighted by atomic mass is 9.87. The number of allylic oxidation sites excluding steroid dienone is 1. The van der Waals surface area contributed by atoms with Gasteiger partial charge in [-0.25, -0.2) is 5.01 Å². The van der Waals surface area contributed by atoms with Crippen LogP contribution in [0, 0.1) is 12.8 Å². The normalized spacial score (nSPS) is 28.8. The van der Waals surface area contributed by atoms with Gasteiger partial charge in [-0.1, -0.05) is 60.6 Å². The van der Waals surface area contributed by atoms with Crippen LogP contribution in [0.4, 0.5) is 0 Å². The Labute approximate surface area is 211 Å². The van der Waals surface area contributed by atoms with Crippen LogP contribution in [0.25, 0.3) is 0 Å². The first kappa shape index (κ1) is 24.5. The maximum Gasteiger partial charge on any atom is 0.241 e. The van der Waals surface area contributed by atoms with Gasteiger partial charge in [0.1, 0.15) is 0 Å². The number of nitrogens with one attached hydrogen (secondary N) is 1. The molecule has 1 aromatic carbocycles.